The highest BCUT2D eigenvalue weighted by molar-refractivity contribution is 5.99. The van der Waals surface area contributed by atoms with Crippen molar-refractivity contribution in [1.29, 1.82) is 0 Å². The van der Waals surface area contributed by atoms with Crippen molar-refractivity contribution in [3.63, 3.8) is 0 Å². The van der Waals surface area contributed by atoms with Crippen molar-refractivity contribution in [3.05, 3.63) is 105 Å². The van der Waals surface area contributed by atoms with Crippen LogP contribution in [-0.4, -0.2) is 21.4 Å². The largest absolute Gasteiger partial charge is 0.416 e. The smallest absolute Gasteiger partial charge is 0.344 e. The molecule has 0 saturated heterocycles. The van der Waals surface area contributed by atoms with Crippen LogP contribution in [0.15, 0.2) is 71.7 Å². The van der Waals surface area contributed by atoms with E-state index >= 15 is 0 Å². The number of rotatable bonds is 4. The van der Waals surface area contributed by atoms with Crippen LogP contribution in [0.1, 0.15) is 52.1 Å². The van der Waals surface area contributed by atoms with Crippen LogP contribution in [0, 0.1) is 0 Å². The van der Waals surface area contributed by atoms with Gasteiger partial charge in [0.1, 0.15) is 0 Å². The molecule has 38 heavy (non-hydrogen) atoms. The Bertz CT molecular complexity index is 1580. The summed E-state index contributed by atoms with van der Waals surface area (Å²) < 4.78 is 69.4. The van der Waals surface area contributed by atoms with Gasteiger partial charge in [-0.2, -0.15) is 13.2 Å². The van der Waals surface area contributed by atoms with Crippen LogP contribution >= 0.6 is 0 Å². The first kappa shape index (κ1) is 25.6. The van der Waals surface area contributed by atoms with Crippen LogP contribution in [-0.2, 0) is 19.0 Å². The Morgan fingerprint density at radius 2 is 1.79 bits per heavy atom. The maximum atomic E-state index is 14.4. The molecule has 0 spiro atoms. The van der Waals surface area contributed by atoms with Crippen molar-refractivity contribution in [2.75, 3.05) is 0 Å². The summed E-state index contributed by atoms with van der Waals surface area (Å²) in [5.74, 6) is -3.49. The molecular weight excluding hydrogens is 505 g/mol. The van der Waals surface area contributed by atoms with E-state index in [2.05, 4.69) is 10.3 Å². The molecule has 0 saturated carbocycles. The van der Waals surface area contributed by atoms with E-state index in [1.807, 2.05) is 0 Å². The molecule has 0 bridgehead atoms. The SMILES string of the molecule is C[C@H](NC(=O)c1ccc2c(c1)c1c(c(=O)n2-c2ccc(C(F)(F)F)cc2)CCC(F)(F)C1)c1ccccn1. The molecule has 1 aliphatic rings. The van der Waals surface area contributed by atoms with Gasteiger partial charge in [-0.15, -0.1) is 0 Å². The first-order valence-corrected chi connectivity index (χ1v) is 11.9. The van der Waals surface area contributed by atoms with Crippen LogP contribution in [0.25, 0.3) is 16.6 Å². The number of carbonyl (C=O) groups is 1. The number of hydrogen-bond acceptors (Lipinski definition) is 3. The van der Waals surface area contributed by atoms with Crippen molar-refractivity contribution in [1.82, 2.24) is 14.9 Å². The minimum atomic E-state index is -4.55. The number of carbonyl (C=O) groups excluding carboxylic acids is 1. The van der Waals surface area contributed by atoms with E-state index in [1.54, 1.807) is 31.3 Å². The molecule has 5 nitrogen and oxygen atoms in total. The molecule has 2 heterocycles. The van der Waals surface area contributed by atoms with Crippen LogP contribution < -0.4 is 10.9 Å². The summed E-state index contributed by atoms with van der Waals surface area (Å²) >= 11 is 0. The number of aromatic nitrogens is 2. The predicted octanol–water partition coefficient (Wildman–Crippen LogP) is 6.02. The molecule has 0 radical (unpaired) electrons. The normalized spacial score (nSPS) is 15.6. The fourth-order valence-electron chi connectivity index (χ4n) is 4.81. The van der Waals surface area contributed by atoms with Crippen LogP contribution in [0.3, 0.4) is 0 Å². The minimum Gasteiger partial charge on any atom is -0.344 e. The van der Waals surface area contributed by atoms with Crippen molar-refractivity contribution < 1.29 is 26.7 Å². The highest BCUT2D eigenvalue weighted by Gasteiger charge is 2.37. The number of nitrogens with zero attached hydrogens (tertiary/aromatic N) is 2. The van der Waals surface area contributed by atoms with E-state index < -0.39 is 48.0 Å². The molecule has 0 aliphatic heterocycles. The predicted molar refractivity (Wildman–Crippen MR) is 132 cm³/mol. The number of hydrogen-bond donors (Lipinski definition) is 1. The van der Waals surface area contributed by atoms with Gasteiger partial charge in [0.15, 0.2) is 0 Å². The lowest BCUT2D eigenvalue weighted by atomic mass is 9.86. The molecule has 1 aliphatic carbocycles. The van der Waals surface area contributed by atoms with Gasteiger partial charge >= 0.3 is 6.18 Å². The van der Waals surface area contributed by atoms with E-state index in [-0.39, 0.29) is 39.7 Å². The summed E-state index contributed by atoms with van der Waals surface area (Å²) in [6.45, 7) is 1.76. The molecule has 1 N–H and O–H groups in total. The van der Waals surface area contributed by atoms with Crippen LogP contribution in [0.5, 0.6) is 0 Å². The molecule has 1 amide bonds. The van der Waals surface area contributed by atoms with Gasteiger partial charge in [-0.3, -0.25) is 19.1 Å². The number of benzene rings is 2. The summed E-state index contributed by atoms with van der Waals surface area (Å²) in [5.41, 5.74) is 0.0823. The van der Waals surface area contributed by atoms with Gasteiger partial charge in [-0.25, -0.2) is 8.78 Å². The summed E-state index contributed by atoms with van der Waals surface area (Å²) in [6.07, 6.45) is -4.33. The number of nitrogens with one attached hydrogen (secondary N) is 1. The average Bonchev–Trinajstić information content (AvgIpc) is 2.88. The first-order valence-electron chi connectivity index (χ1n) is 11.9. The lowest BCUT2D eigenvalue weighted by Crippen LogP contribution is -2.34. The Morgan fingerprint density at radius 3 is 2.45 bits per heavy atom. The second-order valence-corrected chi connectivity index (χ2v) is 9.36. The van der Waals surface area contributed by atoms with E-state index in [0.717, 1.165) is 12.1 Å². The summed E-state index contributed by atoms with van der Waals surface area (Å²) in [4.78, 5) is 30.7. The molecule has 2 aromatic carbocycles. The third-order valence-corrected chi connectivity index (χ3v) is 6.76. The maximum Gasteiger partial charge on any atom is 0.416 e. The van der Waals surface area contributed by atoms with E-state index in [9.17, 15) is 31.5 Å². The molecule has 1 atom stereocenters. The summed E-state index contributed by atoms with van der Waals surface area (Å²) in [5, 5.41) is 3.10. The monoisotopic (exact) mass is 527 g/mol. The molecule has 5 rings (SSSR count). The Hall–Kier alpha value is -4.08. The standard InChI is InChI=1S/C28H22F5N3O2/c1-16(23-4-2-3-13-34-23)35-25(37)17-5-10-24-21(14-17)22-15-27(29,30)12-11-20(22)26(38)36(24)19-8-6-18(7-9-19)28(31,32)33/h2-10,13-14,16H,11-12,15H2,1H3,(H,35,37)/t16-/m0/s1. The van der Waals surface area contributed by atoms with E-state index in [0.29, 0.717) is 5.69 Å². The fourth-order valence-corrected chi connectivity index (χ4v) is 4.81. The van der Waals surface area contributed by atoms with Crippen LogP contribution in [0.4, 0.5) is 22.0 Å². The van der Waals surface area contributed by atoms with Crippen LogP contribution in [0.2, 0.25) is 0 Å². The average molecular weight is 527 g/mol. The van der Waals surface area contributed by atoms with Gasteiger partial charge in [-0.05, 0) is 73.5 Å². The molecule has 0 fully saturated rings. The van der Waals surface area contributed by atoms with Gasteiger partial charge < -0.3 is 5.32 Å². The van der Waals surface area contributed by atoms with Crippen molar-refractivity contribution in [2.45, 2.75) is 44.3 Å². The summed E-state index contributed by atoms with van der Waals surface area (Å²) in [7, 11) is 0. The van der Waals surface area contributed by atoms with Gasteiger partial charge in [0.2, 0.25) is 0 Å². The zero-order valence-corrected chi connectivity index (χ0v) is 20.2. The lowest BCUT2D eigenvalue weighted by molar-refractivity contribution is -0.137. The van der Waals surface area contributed by atoms with Gasteiger partial charge in [-0.1, -0.05) is 6.07 Å². The molecule has 196 valence electrons. The van der Waals surface area contributed by atoms with Crippen molar-refractivity contribution in [2.24, 2.45) is 0 Å². The molecule has 0 unspecified atom stereocenters. The van der Waals surface area contributed by atoms with Gasteiger partial charge in [0.25, 0.3) is 17.4 Å². The molecule has 2 aromatic heterocycles. The Balaban J connectivity index is 1.63. The number of fused-ring (bicyclic) bond motifs is 3. The molecule has 4 aromatic rings. The highest BCUT2D eigenvalue weighted by atomic mass is 19.4. The summed E-state index contributed by atoms with van der Waals surface area (Å²) in [6, 6.07) is 13.3. The second kappa shape index (κ2) is 9.34. The minimum absolute atomic E-state index is 0.150. The zero-order valence-electron chi connectivity index (χ0n) is 20.2. The number of pyridine rings is 2. The second-order valence-electron chi connectivity index (χ2n) is 9.36. The number of halogens is 5. The van der Waals surface area contributed by atoms with E-state index in [4.69, 9.17) is 0 Å². The van der Waals surface area contributed by atoms with E-state index in [1.165, 1.54) is 34.9 Å². The lowest BCUT2D eigenvalue weighted by Gasteiger charge is -2.27. The molecular formula is C28H22F5N3O2. The molecule has 10 heteroatoms. The highest BCUT2D eigenvalue weighted by Crippen LogP contribution is 2.37. The number of alkyl halides is 5. The van der Waals surface area contributed by atoms with Gasteiger partial charge in [0.05, 0.1) is 22.8 Å². The van der Waals surface area contributed by atoms with Crippen molar-refractivity contribution >= 4 is 16.8 Å². The van der Waals surface area contributed by atoms with Crippen molar-refractivity contribution in [3.8, 4) is 5.69 Å². The Labute approximate surface area is 213 Å². The topological polar surface area (TPSA) is 64.0 Å². The third-order valence-electron chi connectivity index (χ3n) is 6.76. The third kappa shape index (κ3) is 4.78. The maximum absolute atomic E-state index is 14.4. The number of amides is 1. The van der Waals surface area contributed by atoms with Gasteiger partial charge in [0, 0.05) is 41.2 Å². The Morgan fingerprint density at radius 1 is 1.05 bits per heavy atom. The Kier molecular flexibility index (Phi) is 6.28. The zero-order chi connectivity index (χ0) is 27.2. The fraction of sp³-hybridized carbons (Fsp3) is 0.250. The quantitative estimate of drug-likeness (QED) is 0.330. The first-order chi connectivity index (χ1) is 17.9.